The summed E-state index contributed by atoms with van der Waals surface area (Å²) >= 11 is 0. The molecule has 1 aromatic rings. The Morgan fingerprint density at radius 1 is 0.650 bits per heavy atom. The molecule has 0 radical (unpaired) electrons. The maximum absolute atomic E-state index is 3.48. The molecule has 0 saturated heterocycles. The van der Waals surface area contributed by atoms with Crippen LogP contribution in [0, 0.1) is 36.8 Å². The second-order valence-corrected chi connectivity index (χ2v) is 16.9. The summed E-state index contributed by atoms with van der Waals surface area (Å²) in [6.45, 7) is 17.9. The van der Waals surface area contributed by atoms with Crippen molar-refractivity contribution in [2.75, 3.05) is 0 Å². The Morgan fingerprint density at radius 3 is 1.20 bits per heavy atom. The average molecular weight is 299 g/mol. The Kier molecular flexibility index (Phi) is 5.08. The van der Waals surface area contributed by atoms with Crippen molar-refractivity contribution in [2.45, 2.75) is 53.1 Å². The highest BCUT2D eigenvalue weighted by molar-refractivity contribution is 6.84. The first kappa shape index (κ1) is 16.8. The SMILES string of the molecule is Cc1ccc(C)c(C#C[Si](C)(C)C)c1C#C[Si](C)(C)C. The summed E-state index contributed by atoms with van der Waals surface area (Å²) in [7, 11) is -2.73. The minimum atomic E-state index is -1.36. The van der Waals surface area contributed by atoms with Crippen molar-refractivity contribution in [3.8, 4) is 22.9 Å². The molecular formula is C18H26Si2. The van der Waals surface area contributed by atoms with Crippen LogP contribution in [0.4, 0.5) is 0 Å². The van der Waals surface area contributed by atoms with E-state index in [9.17, 15) is 0 Å². The van der Waals surface area contributed by atoms with Gasteiger partial charge in [0.2, 0.25) is 0 Å². The smallest absolute Gasteiger partial charge is 0.127 e. The normalized spacial score (nSPS) is 11.2. The topological polar surface area (TPSA) is 0 Å². The quantitative estimate of drug-likeness (QED) is 0.478. The highest BCUT2D eigenvalue weighted by Gasteiger charge is 2.11. The highest BCUT2D eigenvalue weighted by atomic mass is 28.3. The molecule has 0 aromatic heterocycles. The molecule has 0 N–H and O–H groups in total. The monoisotopic (exact) mass is 298 g/mol. The Bertz CT molecular complexity index is 561. The number of aryl methyl sites for hydroxylation is 2. The van der Waals surface area contributed by atoms with E-state index in [1.165, 1.54) is 11.1 Å². The number of hydrogen-bond acceptors (Lipinski definition) is 0. The van der Waals surface area contributed by atoms with Gasteiger partial charge in [-0.15, -0.1) is 11.1 Å². The molecule has 20 heavy (non-hydrogen) atoms. The molecule has 0 atom stereocenters. The summed E-state index contributed by atoms with van der Waals surface area (Å²) < 4.78 is 0. The number of hydrogen-bond donors (Lipinski definition) is 0. The van der Waals surface area contributed by atoms with E-state index < -0.39 is 16.1 Å². The Labute approximate surface area is 127 Å². The zero-order valence-corrected chi connectivity index (χ0v) is 16.2. The van der Waals surface area contributed by atoms with Crippen molar-refractivity contribution in [3.05, 3.63) is 34.4 Å². The fourth-order valence-corrected chi connectivity index (χ4v) is 2.63. The van der Waals surface area contributed by atoms with Crippen molar-refractivity contribution in [3.63, 3.8) is 0 Å². The van der Waals surface area contributed by atoms with Crippen molar-refractivity contribution >= 4 is 16.1 Å². The third-order valence-electron chi connectivity index (χ3n) is 2.75. The Hall–Kier alpha value is -1.23. The number of benzene rings is 1. The van der Waals surface area contributed by atoms with Crippen LogP contribution in [0.25, 0.3) is 0 Å². The molecule has 0 fully saturated rings. The summed E-state index contributed by atoms with van der Waals surface area (Å²) in [5.74, 6) is 6.85. The molecule has 0 nitrogen and oxygen atoms in total. The summed E-state index contributed by atoms with van der Waals surface area (Å²) in [4.78, 5) is 0. The van der Waals surface area contributed by atoms with Crippen molar-refractivity contribution in [2.24, 2.45) is 0 Å². The average Bonchev–Trinajstić information content (AvgIpc) is 2.26. The summed E-state index contributed by atoms with van der Waals surface area (Å²) in [5, 5.41) is 0. The van der Waals surface area contributed by atoms with Gasteiger partial charge in [-0.2, -0.15) is 0 Å². The van der Waals surface area contributed by atoms with Crippen LogP contribution in [-0.4, -0.2) is 16.1 Å². The molecule has 2 heteroatoms. The molecular weight excluding hydrogens is 272 g/mol. The zero-order chi connectivity index (χ0) is 15.6. The van der Waals surface area contributed by atoms with Gasteiger partial charge in [0.1, 0.15) is 16.1 Å². The molecule has 0 aliphatic heterocycles. The molecule has 0 aliphatic rings. The van der Waals surface area contributed by atoms with Gasteiger partial charge >= 0.3 is 0 Å². The second kappa shape index (κ2) is 6.04. The van der Waals surface area contributed by atoms with Gasteiger partial charge in [0, 0.05) is 11.1 Å². The first-order valence-electron chi connectivity index (χ1n) is 7.16. The molecule has 0 unspecified atom stereocenters. The standard InChI is InChI=1S/C18H26Si2/c1-15-9-10-16(2)18(12-14-20(6,7)8)17(15)11-13-19(3,4)5/h9-10H,1-8H3. The van der Waals surface area contributed by atoms with Crippen molar-refractivity contribution < 1.29 is 0 Å². The number of rotatable bonds is 0. The van der Waals surface area contributed by atoms with Crippen molar-refractivity contribution in [1.29, 1.82) is 0 Å². The summed E-state index contributed by atoms with van der Waals surface area (Å²) in [6.07, 6.45) is 0. The van der Waals surface area contributed by atoms with Crippen molar-refractivity contribution in [1.82, 2.24) is 0 Å². The molecule has 0 spiro atoms. The van der Waals surface area contributed by atoms with E-state index >= 15 is 0 Å². The van der Waals surface area contributed by atoms with Gasteiger partial charge in [-0.25, -0.2) is 0 Å². The van der Waals surface area contributed by atoms with Crippen LogP contribution in [0.5, 0.6) is 0 Å². The minimum Gasteiger partial charge on any atom is -0.127 e. The second-order valence-electron chi connectivity index (χ2n) is 7.45. The van der Waals surface area contributed by atoms with Crippen LogP contribution in [0.2, 0.25) is 39.3 Å². The van der Waals surface area contributed by atoms with E-state index in [4.69, 9.17) is 0 Å². The molecule has 0 heterocycles. The molecule has 1 aromatic carbocycles. The molecule has 0 bridgehead atoms. The van der Waals surface area contributed by atoms with Gasteiger partial charge in [-0.1, -0.05) is 63.3 Å². The van der Waals surface area contributed by atoms with E-state index in [1.807, 2.05) is 0 Å². The first-order valence-corrected chi connectivity index (χ1v) is 14.2. The van der Waals surface area contributed by atoms with E-state index in [1.54, 1.807) is 0 Å². The predicted molar refractivity (Wildman–Crippen MR) is 96.4 cm³/mol. The molecule has 0 aliphatic carbocycles. The fraction of sp³-hybridized carbons (Fsp3) is 0.444. The first-order chi connectivity index (χ1) is 8.99. The van der Waals surface area contributed by atoms with Gasteiger partial charge < -0.3 is 0 Å². The third-order valence-corrected chi connectivity index (χ3v) is 4.50. The lowest BCUT2D eigenvalue weighted by molar-refractivity contribution is 1.34. The summed E-state index contributed by atoms with van der Waals surface area (Å²) in [6, 6.07) is 4.31. The molecule has 1 rings (SSSR count). The highest BCUT2D eigenvalue weighted by Crippen LogP contribution is 2.17. The van der Waals surface area contributed by atoms with E-state index in [-0.39, 0.29) is 0 Å². The maximum atomic E-state index is 3.48. The molecule has 106 valence electrons. The Balaban J connectivity index is 3.45. The van der Waals surface area contributed by atoms with E-state index in [0.717, 1.165) is 11.1 Å². The van der Waals surface area contributed by atoms with Crippen LogP contribution >= 0.6 is 0 Å². The van der Waals surface area contributed by atoms with Crippen LogP contribution in [0.1, 0.15) is 22.3 Å². The zero-order valence-electron chi connectivity index (χ0n) is 14.2. The van der Waals surface area contributed by atoms with Crippen LogP contribution in [0.3, 0.4) is 0 Å². The lowest BCUT2D eigenvalue weighted by Gasteiger charge is -2.09. The fourth-order valence-electron chi connectivity index (χ4n) is 1.63. The van der Waals surface area contributed by atoms with Crippen LogP contribution in [-0.2, 0) is 0 Å². The van der Waals surface area contributed by atoms with Gasteiger partial charge in [-0.3, -0.25) is 0 Å². The van der Waals surface area contributed by atoms with E-state index in [2.05, 4.69) is 88.2 Å². The predicted octanol–water partition coefficient (Wildman–Crippen LogP) is 4.76. The van der Waals surface area contributed by atoms with Crippen LogP contribution in [0.15, 0.2) is 12.1 Å². The third kappa shape index (κ3) is 5.41. The Morgan fingerprint density at radius 2 is 0.950 bits per heavy atom. The lowest BCUT2D eigenvalue weighted by atomic mass is 9.98. The van der Waals surface area contributed by atoms with Gasteiger partial charge in [0.05, 0.1) is 0 Å². The van der Waals surface area contributed by atoms with Gasteiger partial charge in [-0.05, 0) is 25.0 Å². The van der Waals surface area contributed by atoms with E-state index in [0.29, 0.717) is 0 Å². The lowest BCUT2D eigenvalue weighted by Crippen LogP contribution is -2.17. The molecule has 0 saturated carbocycles. The van der Waals surface area contributed by atoms with Gasteiger partial charge in [0.25, 0.3) is 0 Å². The minimum absolute atomic E-state index is 1.14. The summed E-state index contributed by atoms with van der Waals surface area (Å²) in [5.41, 5.74) is 11.7. The largest absolute Gasteiger partial charge is 0.129 e. The van der Waals surface area contributed by atoms with Gasteiger partial charge in [0.15, 0.2) is 0 Å². The maximum Gasteiger partial charge on any atom is 0.129 e. The molecule has 0 amide bonds. The van der Waals surface area contributed by atoms with Crippen LogP contribution < -0.4 is 0 Å².